The molecule has 134 valence electrons. The van der Waals surface area contributed by atoms with Crippen LogP contribution in [-0.2, 0) is 20.8 Å². The molecule has 3 rings (SSSR count). The maximum atomic E-state index is 12.6. The third-order valence-electron chi connectivity index (χ3n) is 5.26. The number of carbonyl (C=O) groups is 3. The molecule has 25 heavy (non-hydrogen) atoms. The fraction of sp³-hybridized carbons (Fsp3) is 0.526. The second kappa shape index (κ2) is 7.35. The summed E-state index contributed by atoms with van der Waals surface area (Å²) in [7, 11) is 0. The van der Waals surface area contributed by atoms with Gasteiger partial charge in [-0.25, -0.2) is 0 Å². The highest BCUT2D eigenvalue weighted by Gasteiger charge is 2.52. The van der Waals surface area contributed by atoms with Crippen LogP contribution in [0, 0.1) is 5.41 Å². The Balaban J connectivity index is 1.58. The van der Waals surface area contributed by atoms with Crippen LogP contribution in [0.2, 0.25) is 0 Å². The van der Waals surface area contributed by atoms with E-state index in [2.05, 4.69) is 5.32 Å². The second-order valence-corrected chi connectivity index (χ2v) is 7.09. The highest BCUT2D eigenvalue weighted by molar-refractivity contribution is 6.08. The van der Waals surface area contributed by atoms with E-state index < -0.39 is 17.4 Å². The molecule has 3 amide bonds. The third kappa shape index (κ3) is 3.74. The molecule has 1 spiro atoms. The lowest BCUT2D eigenvalue weighted by atomic mass is 9.84. The zero-order chi connectivity index (χ0) is 17.9. The average Bonchev–Trinajstić information content (AvgIpc) is 3.16. The maximum Gasteiger partial charge on any atom is 0.240 e. The molecule has 1 heterocycles. The first kappa shape index (κ1) is 17.6. The molecule has 1 aromatic carbocycles. The highest BCUT2D eigenvalue weighted by Crippen LogP contribution is 2.46. The van der Waals surface area contributed by atoms with Gasteiger partial charge in [0.25, 0.3) is 0 Å². The van der Waals surface area contributed by atoms with E-state index in [9.17, 15) is 19.5 Å². The molecule has 0 unspecified atom stereocenters. The molecule has 1 aliphatic heterocycles. The number of hydrogen-bond donors (Lipinski definition) is 2. The van der Waals surface area contributed by atoms with Crippen LogP contribution in [0.4, 0.5) is 0 Å². The summed E-state index contributed by atoms with van der Waals surface area (Å²) >= 11 is 0. The van der Waals surface area contributed by atoms with E-state index in [0.717, 1.165) is 36.1 Å². The van der Waals surface area contributed by atoms with Crippen molar-refractivity contribution in [3.63, 3.8) is 0 Å². The van der Waals surface area contributed by atoms with Crippen molar-refractivity contribution in [3.8, 4) is 0 Å². The van der Waals surface area contributed by atoms with Crippen LogP contribution in [0.15, 0.2) is 30.3 Å². The van der Waals surface area contributed by atoms with Crippen LogP contribution in [0.1, 0.15) is 37.7 Å². The number of aliphatic hydroxyl groups excluding tert-OH is 1. The minimum atomic E-state index is -0.558. The van der Waals surface area contributed by atoms with Crippen molar-refractivity contribution >= 4 is 17.7 Å². The van der Waals surface area contributed by atoms with Gasteiger partial charge in [0.1, 0.15) is 6.54 Å². The Kier molecular flexibility index (Phi) is 5.18. The molecule has 1 saturated heterocycles. The predicted molar refractivity (Wildman–Crippen MR) is 91.4 cm³/mol. The largest absolute Gasteiger partial charge is 0.394 e. The molecule has 0 radical (unpaired) electrons. The van der Waals surface area contributed by atoms with Crippen LogP contribution >= 0.6 is 0 Å². The normalized spacial score (nSPS) is 20.3. The van der Waals surface area contributed by atoms with Crippen LogP contribution in [-0.4, -0.2) is 46.9 Å². The van der Waals surface area contributed by atoms with Gasteiger partial charge in [0.15, 0.2) is 0 Å². The van der Waals surface area contributed by atoms with Gasteiger partial charge < -0.3 is 10.4 Å². The zero-order valence-electron chi connectivity index (χ0n) is 14.2. The SMILES string of the molecule is O=C(CN1C(=O)CC2(CCCC2)C1=O)N[C@@H](CO)Cc1ccccc1. The summed E-state index contributed by atoms with van der Waals surface area (Å²) in [5.41, 5.74) is 0.442. The van der Waals surface area contributed by atoms with Gasteiger partial charge in [-0.05, 0) is 24.8 Å². The van der Waals surface area contributed by atoms with E-state index in [1.165, 1.54) is 0 Å². The molecule has 6 nitrogen and oxygen atoms in total. The van der Waals surface area contributed by atoms with Crippen LogP contribution < -0.4 is 5.32 Å². The Morgan fingerprint density at radius 1 is 1.20 bits per heavy atom. The topological polar surface area (TPSA) is 86.7 Å². The first-order valence-corrected chi connectivity index (χ1v) is 8.83. The lowest BCUT2D eigenvalue weighted by Crippen LogP contribution is -2.46. The minimum absolute atomic E-state index is 0.200. The molecular formula is C19H24N2O4. The number of benzene rings is 1. The van der Waals surface area contributed by atoms with Crippen molar-refractivity contribution < 1.29 is 19.5 Å². The fourth-order valence-corrected chi connectivity index (χ4v) is 3.94. The number of likely N-dealkylation sites (tertiary alicyclic amines) is 1. The van der Waals surface area contributed by atoms with Crippen LogP contribution in [0.5, 0.6) is 0 Å². The quantitative estimate of drug-likeness (QED) is 0.755. The maximum absolute atomic E-state index is 12.6. The van der Waals surface area contributed by atoms with E-state index in [1.54, 1.807) is 0 Å². The summed E-state index contributed by atoms with van der Waals surface area (Å²) in [6, 6.07) is 9.10. The number of hydrogen-bond acceptors (Lipinski definition) is 4. The standard InChI is InChI=1S/C19H24N2O4/c22-13-15(10-14-6-2-1-3-7-14)20-16(23)12-21-17(24)11-19(18(21)25)8-4-5-9-19/h1-3,6-7,15,22H,4-5,8-13H2,(H,20,23)/t15-/m1/s1. The number of nitrogens with zero attached hydrogens (tertiary/aromatic N) is 1. The van der Waals surface area contributed by atoms with Gasteiger partial charge in [-0.2, -0.15) is 0 Å². The third-order valence-corrected chi connectivity index (χ3v) is 5.26. The molecule has 0 aromatic heterocycles. The van der Waals surface area contributed by atoms with Crippen LogP contribution in [0.3, 0.4) is 0 Å². The molecule has 6 heteroatoms. The zero-order valence-corrected chi connectivity index (χ0v) is 14.2. The van der Waals surface area contributed by atoms with Gasteiger partial charge in [0.2, 0.25) is 17.7 Å². The Labute approximate surface area is 147 Å². The van der Waals surface area contributed by atoms with Crippen molar-refractivity contribution in [1.29, 1.82) is 0 Å². The van der Waals surface area contributed by atoms with E-state index in [0.29, 0.717) is 6.42 Å². The predicted octanol–water partition coefficient (Wildman–Crippen LogP) is 1.03. The Bertz CT molecular complexity index is 653. The summed E-state index contributed by atoms with van der Waals surface area (Å²) in [4.78, 5) is 38.2. The van der Waals surface area contributed by atoms with Crippen molar-refractivity contribution in [2.24, 2.45) is 5.41 Å². The number of aliphatic hydroxyl groups is 1. The van der Waals surface area contributed by atoms with Crippen molar-refractivity contribution in [2.75, 3.05) is 13.2 Å². The Morgan fingerprint density at radius 3 is 2.52 bits per heavy atom. The number of carbonyl (C=O) groups excluding carboxylic acids is 3. The number of nitrogens with one attached hydrogen (secondary N) is 1. The Hall–Kier alpha value is -2.21. The van der Waals surface area contributed by atoms with Gasteiger partial charge in [-0.15, -0.1) is 0 Å². The molecule has 2 aliphatic rings. The van der Waals surface area contributed by atoms with E-state index >= 15 is 0 Å². The molecule has 1 aromatic rings. The number of amides is 3. The van der Waals surface area contributed by atoms with Crippen LogP contribution in [0.25, 0.3) is 0 Å². The summed E-state index contributed by atoms with van der Waals surface area (Å²) in [6.45, 7) is -0.461. The highest BCUT2D eigenvalue weighted by atomic mass is 16.3. The van der Waals surface area contributed by atoms with Crippen molar-refractivity contribution in [2.45, 2.75) is 44.6 Å². The van der Waals surface area contributed by atoms with E-state index in [-0.39, 0.29) is 31.4 Å². The van der Waals surface area contributed by atoms with Crippen molar-refractivity contribution in [3.05, 3.63) is 35.9 Å². The van der Waals surface area contributed by atoms with Gasteiger partial charge in [0, 0.05) is 6.42 Å². The second-order valence-electron chi connectivity index (χ2n) is 7.09. The van der Waals surface area contributed by atoms with Gasteiger partial charge in [0.05, 0.1) is 18.1 Å². The average molecular weight is 344 g/mol. The summed E-state index contributed by atoms with van der Waals surface area (Å²) in [5, 5.41) is 12.2. The monoisotopic (exact) mass is 344 g/mol. The lowest BCUT2D eigenvalue weighted by molar-refractivity contribution is -0.145. The van der Waals surface area contributed by atoms with E-state index in [4.69, 9.17) is 0 Å². The molecule has 1 aliphatic carbocycles. The molecule has 1 saturated carbocycles. The van der Waals surface area contributed by atoms with Gasteiger partial charge in [-0.3, -0.25) is 19.3 Å². The summed E-state index contributed by atoms with van der Waals surface area (Å²) in [6.07, 6.45) is 4.12. The summed E-state index contributed by atoms with van der Waals surface area (Å²) in [5.74, 6) is -0.869. The van der Waals surface area contributed by atoms with Gasteiger partial charge in [-0.1, -0.05) is 43.2 Å². The van der Waals surface area contributed by atoms with Crippen molar-refractivity contribution in [1.82, 2.24) is 10.2 Å². The van der Waals surface area contributed by atoms with Gasteiger partial charge >= 0.3 is 0 Å². The molecular weight excluding hydrogens is 320 g/mol. The molecule has 0 bridgehead atoms. The molecule has 2 fully saturated rings. The number of imide groups is 1. The first-order chi connectivity index (χ1) is 12.0. The summed E-state index contributed by atoms with van der Waals surface area (Å²) < 4.78 is 0. The molecule has 1 atom stereocenters. The fourth-order valence-electron chi connectivity index (χ4n) is 3.94. The Morgan fingerprint density at radius 2 is 1.88 bits per heavy atom. The molecule has 2 N–H and O–H groups in total. The lowest BCUT2D eigenvalue weighted by Gasteiger charge is -2.22. The van der Waals surface area contributed by atoms with E-state index in [1.807, 2.05) is 30.3 Å². The number of rotatable bonds is 6. The minimum Gasteiger partial charge on any atom is -0.394 e. The smallest absolute Gasteiger partial charge is 0.240 e. The first-order valence-electron chi connectivity index (χ1n) is 8.83.